The summed E-state index contributed by atoms with van der Waals surface area (Å²) in [6.45, 7) is 4.91. The van der Waals surface area contributed by atoms with Gasteiger partial charge in [0.15, 0.2) is 0 Å². The van der Waals surface area contributed by atoms with Crippen molar-refractivity contribution in [2.75, 3.05) is 13.2 Å². The highest BCUT2D eigenvalue weighted by atomic mass is 16.5. The van der Waals surface area contributed by atoms with Crippen molar-refractivity contribution in [3.8, 4) is 0 Å². The zero-order chi connectivity index (χ0) is 48.6. The van der Waals surface area contributed by atoms with E-state index in [1.54, 1.807) is 0 Å². The van der Waals surface area contributed by atoms with Crippen LogP contribution in [-0.4, -0.2) is 47.4 Å². The summed E-state index contributed by atoms with van der Waals surface area (Å²) < 4.78 is 5.46. The molecule has 6 heteroatoms. The van der Waals surface area contributed by atoms with Crippen LogP contribution in [0.2, 0.25) is 0 Å². The Labute approximate surface area is 419 Å². The Morgan fingerprint density at radius 1 is 0.403 bits per heavy atom. The number of amides is 1. The largest absolute Gasteiger partial charge is 0.466 e. The van der Waals surface area contributed by atoms with E-state index in [2.05, 4.69) is 31.3 Å². The fourth-order valence-electron chi connectivity index (χ4n) is 9.62. The van der Waals surface area contributed by atoms with Crippen LogP contribution in [0, 0.1) is 0 Å². The summed E-state index contributed by atoms with van der Waals surface area (Å²) in [6.07, 6.45) is 68.2. The summed E-state index contributed by atoms with van der Waals surface area (Å²) in [7, 11) is 0. The topological polar surface area (TPSA) is 95.9 Å². The molecule has 0 aromatic rings. The van der Waals surface area contributed by atoms with Crippen molar-refractivity contribution in [3.63, 3.8) is 0 Å². The minimum atomic E-state index is -0.658. The fourth-order valence-corrected chi connectivity index (χ4v) is 9.62. The normalized spacial score (nSPS) is 12.6. The summed E-state index contributed by atoms with van der Waals surface area (Å²) in [6, 6.07) is -0.535. The molecule has 0 heterocycles. The lowest BCUT2D eigenvalue weighted by atomic mass is 10.0. The number of hydrogen-bond acceptors (Lipinski definition) is 5. The number of unbranched alkanes of at least 4 members (excludes halogenated alkanes) is 44. The Morgan fingerprint density at radius 3 is 1.10 bits per heavy atom. The van der Waals surface area contributed by atoms with Crippen molar-refractivity contribution in [1.82, 2.24) is 5.32 Å². The number of carbonyl (C=O) groups is 2. The van der Waals surface area contributed by atoms with Gasteiger partial charge >= 0.3 is 5.97 Å². The van der Waals surface area contributed by atoms with Gasteiger partial charge in [-0.25, -0.2) is 0 Å². The van der Waals surface area contributed by atoms with Crippen LogP contribution in [-0.2, 0) is 14.3 Å². The van der Waals surface area contributed by atoms with Crippen molar-refractivity contribution in [2.24, 2.45) is 0 Å². The number of allylic oxidation sites excluding steroid dienone is 2. The number of esters is 1. The summed E-state index contributed by atoms with van der Waals surface area (Å²) in [5.41, 5.74) is 0. The first kappa shape index (κ1) is 65.6. The number of aliphatic hydroxyl groups is 2. The number of aliphatic hydroxyl groups excluding tert-OH is 2. The van der Waals surface area contributed by atoms with E-state index in [0.29, 0.717) is 25.9 Å². The smallest absolute Gasteiger partial charge is 0.305 e. The van der Waals surface area contributed by atoms with Gasteiger partial charge in [0.2, 0.25) is 5.91 Å². The second kappa shape index (κ2) is 57.2. The maximum atomic E-state index is 12.4. The Hall–Kier alpha value is -1.40. The Bertz CT molecular complexity index is 1000. The third kappa shape index (κ3) is 53.8. The van der Waals surface area contributed by atoms with Gasteiger partial charge in [0.25, 0.3) is 0 Å². The molecule has 398 valence electrons. The molecule has 0 aromatic heterocycles. The minimum absolute atomic E-state index is 0.00915. The quantitative estimate of drug-likeness (QED) is 0.0321. The molecule has 0 aliphatic rings. The number of rotatable bonds is 57. The van der Waals surface area contributed by atoms with E-state index in [9.17, 15) is 19.8 Å². The molecule has 67 heavy (non-hydrogen) atoms. The molecule has 3 N–H and O–H groups in total. The lowest BCUT2D eigenvalue weighted by Crippen LogP contribution is -2.45. The average molecular weight is 947 g/mol. The summed E-state index contributed by atoms with van der Waals surface area (Å²) in [5, 5.41) is 23.1. The number of hydrogen-bond donors (Lipinski definition) is 3. The molecule has 0 spiro atoms. The van der Waals surface area contributed by atoms with Crippen LogP contribution in [0.4, 0.5) is 0 Å². The molecule has 2 unspecified atom stereocenters. The van der Waals surface area contributed by atoms with Gasteiger partial charge in [0.05, 0.1) is 25.4 Å². The summed E-state index contributed by atoms with van der Waals surface area (Å²) in [5.74, 6) is -0.0230. The van der Waals surface area contributed by atoms with Gasteiger partial charge in [-0.2, -0.15) is 0 Å². The predicted octanol–water partition coefficient (Wildman–Crippen LogP) is 18.9. The molecule has 2 atom stereocenters. The van der Waals surface area contributed by atoms with Crippen LogP contribution < -0.4 is 5.32 Å². The van der Waals surface area contributed by atoms with E-state index in [1.807, 2.05) is 0 Å². The lowest BCUT2D eigenvalue weighted by molar-refractivity contribution is -0.143. The highest BCUT2D eigenvalue weighted by Crippen LogP contribution is 2.18. The van der Waals surface area contributed by atoms with Crippen molar-refractivity contribution in [1.29, 1.82) is 0 Å². The highest BCUT2D eigenvalue weighted by Gasteiger charge is 2.20. The number of ether oxygens (including phenoxy) is 1. The lowest BCUT2D eigenvalue weighted by Gasteiger charge is -2.22. The van der Waals surface area contributed by atoms with E-state index in [1.165, 1.54) is 263 Å². The van der Waals surface area contributed by atoms with E-state index < -0.39 is 12.1 Å². The van der Waals surface area contributed by atoms with Gasteiger partial charge in [-0.15, -0.1) is 0 Å². The van der Waals surface area contributed by atoms with Crippen molar-refractivity contribution in [3.05, 3.63) is 12.2 Å². The zero-order valence-corrected chi connectivity index (χ0v) is 45.4. The van der Waals surface area contributed by atoms with Crippen LogP contribution in [0.25, 0.3) is 0 Å². The van der Waals surface area contributed by atoms with Gasteiger partial charge in [-0.3, -0.25) is 9.59 Å². The molecule has 0 bridgehead atoms. The van der Waals surface area contributed by atoms with E-state index >= 15 is 0 Å². The maximum Gasteiger partial charge on any atom is 0.305 e. The molecule has 0 fully saturated rings. The number of carbonyl (C=O) groups excluding carboxylic acids is 2. The van der Waals surface area contributed by atoms with Gasteiger partial charge in [-0.05, 0) is 44.9 Å². The molecule has 0 aliphatic carbocycles. The van der Waals surface area contributed by atoms with Crippen molar-refractivity contribution in [2.45, 2.75) is 353 Å². The average Bonchev–Trinajstić information content (AvgIpc) is 3.33. The maximum absolute atomic E-state index is 12.4. The van der Waals surface area contributed by atoms with Crippen LogP contribution >= 0.6 is 0 Å². The molecule has 0 radical (unpaired) electrons. The van der Waals surface area contributed by atoms with Gasteiger partial charge in [0, 0.05) is 12.8 Å². The SMILES string of the molecule is CCCC/C=C\CCCCCCCC(=O)OCCCCCCCCCCCCCCCCCCCCCCCCCCCCCCCCC(=O)NC(CO)C(O)CCCCCCCCCCC. The predicted molar refractivity (Wildman–Crippen MR) is 292 cm³/mol. The Balaban J connectivity index is 3.29. The third-order valence-corrected chi connectivity index (χ3v) is 14.3. The summed E-state index contributed by atoms with van der Waals surface area (Å²) in [4.78, 5) is 24.4. The molecule has 1 amide bonds. The monoisotopic (exact) mass is 946 g/mol. The van der Waals surface area contributed by atoms with Gasteiger partial charge < -0.3 is 20.3 Å². The van der Waals surface area contributed by atoms with Crippen molar-refractivity contribution < 1.29 is 24.5 Å². The Morgan fingerprint density at radius 2 is 0.716 bits per heavy atom. The standard InChI is InChI=1S/C61H119NO5/c1-3-5-7-9-11-13-34-39-43-47-51-55-61(66)67-56-52-48-44-40-36-33-31-29-27-25-23-21-19-17-15-14-16-18-20-22-24-26-28-30-32-35-38-42-46-50-54-60(65)62-58(57-63)59(64)53-49-45-41-37-12-10-8-6-4-2/h9,11,58-59,63-64H,3-8,10,12-57H2,1-2H3,(H,62,65)/b11-9-. The molecule has 0 saturated heterocycles. The second-order valence-electron chi connectivity index (χ2n) is 21.0. The molecule has 0 aromatic carbocycles. The van der Waals surface area contributed by atoms with E-state index in [4.69, 9.17) is 4.74 Å². The van der Waals surface area contributed by atoms with Gasteiger partial charge in [-0.1, -0.05) is 296 Å². The molecular formula is C61H119NO5. The fraction of sp³-hybridized carbons (Fsp3) is 0.934. The molecule has 0 rings (SSSR count). The minimum Gasteiger partial charge on any atom is -0.466 e. The third-order valence-electron chi connectivity index (χ3n) is 14.3. The zero-order valence-electron chi connectivity index (χ0n) is 45.4. The molecule has 0 aliphatic heterocycles. The highest BCUT2D eigenvalue weighted by molar-refractivity contribution is 5.76. The van der Waals surface area contributed by atoms with Crippen LogP contribution in [0.3, 0.4) is 0 Å². The molecule has 0 saturated carbocycles. The number of nitrogens with one attached hydrogen (secondary N) is 1. The van der Waals surface area contributed by atoms with Crippen LogP contribution in [0.1, 0.15) is 341 Å². The molecule has 6 nitrogen and oxygen atoms in total. The van der Waals surface area contributed by atoms with Crippen LogP contribution in [0.5, 0.6) is 0 Å². The van der Waals surface area contributed by atoms with Crippen LogP contribution in [0.15, 0.2) is 12.2 Å². The first-order valence-electron chi connectivity index (χ1n) is 30.4. The Kier molecular flexibility index (Phi) is 56.0. The van der Waals surface area contributed by atoms with E-state index in [-0.39, 0.29) is 18.5 Å². The summed E-state index contributed by atoms with van der Waals surface area (Å²) >= 11 is 0. The van der Waals surface area contributed by atoms with Crippen molar-refractivity contribution >= 4 is 11.9 Å². The second-order valence-corrected chi connectivity index (χ2v) is 21.0. The van der Waals surface area contributed by atoms with E-state index in [0.717, 1.165) is 44.9 Å². The first-order valence-corrected chi connectivity index (χ1v) is 30.4. The van der Waals surface area contributed by atoms with Gasteiger partial charge in [0.1, 0.15) is 0 Å². The molecular weight excluding hydrogens is 827 g/mol. The first-order chi connectivity index (χ1) is 33.0.